The van der Waals surface area contributed by atoms with Crippen LogP contribution in [-0.2, 0) is 14.8 Å². The predicted octanol–water partition coefficient (Wildman–Crippen LogP) is 2.17. The molecule has 0 aliphatic carbocycles. The van der Waals surface area contributed by atoms with Crippen molar-refractivity contribution in [1.82, 2.24) is 9.62 Å². The Bertz CT molecular complexity index is 839. The first-order valence-corrected chi connectivity index (χ1v) is 10.6. The fourth-order valence-electron chi connectivity index (χ4n) is 3.31. The van der Waals surface area contributed by atoms with Crippen molar-refractivity contribution in [2.24, 2.45) is 16.1 Å². The zero-order chi connectivity index (χ0) is 19.3. The number of carbonyl (C=O) groups excluding carboxylic acids is 1. The summed E-state index contributed by atoms with van der Waals surface area (Å²) in [4.78, 5) is 12.8. The lowest BCUT2D eigenvalue weighted by Crippen LogP contribution is -2.45. The number of nitrogens with one attached hydrogen (secondary N) is 1. The van der Waals surface area contributed by atoms with Gasteiger partial charge in [0.05, 0.1) is 10.8 Å². The number of terminal acetylenes is 1. The molecule has 1 fully saturated rings. The Hall–Kier alpha value is -2.24. The summed E-state index contributed by atoms with van der Waals surface area (Å²) in [5.41, 5.74) is -0.422. The summed E-state index contributed by atoms with van der Waals surface area (Å²) in [6, 6.07) is 8.34. The monoisotopic (exact) mass is 388 g/mol. The van der Waals surface area contributed by atoms with Crippen LogP contribution in [0.2, 0.25) is 0 Å². The standard InChI is InChI=1S/C19H24N4O3S/c1-2-3-11-19(21-22-19)12-13-20-18(24)16-8-7-14-23(15-16)27(25,26)17-9-5-4-6-10-17/h1,4-6,9-10,16H,3,7-8,11-15H2,(H,20,24). The second-order valence-corrected chi connectivity index (χ2v) is 8.88. The van der Waals surface area contributed by atoms with Crippen LogP contribution in [0, 0.1) is 18.3 Å². The van der Waals surface area contributed by atoms with E-state index in [9.17, 15) is 13.2 Å². The summed E-state index contributed by atoms with van der Waals surface area (Å²) < 4.78 is 26.9. The van der Waals surface area contributed by atoms with Gasteiger partial charge in [-0.1, -0.05) is 18.2 Å². The van der Waals surface area contributed by atoms with Crippen molar-refractivity contribution in [3.05, 3.63) is 30.3 Å². The molecule has 2 aliphatic heterocycles. The minimum atomic E-state index is -3.57. The van der Waals surface area contributed by atoms with Crippen LogP contribution in [0.25, 0.3) is 0 Å². The van der Waals surface area contributed by atoms with Gasteiger partial charge in [-0.25, -0.2) is 8.42 Å². The highest BCUT2D eigenvalue weighted by Gasteiger charge is 2.39. The SMILES string of the molecule is C#CCCC1(CCNC(=O)C2CCCN(S(=O)(=O)c3ccccc3)C2)N=N1. The molecule has 2 heterocycles. The number of sulfonamides is 1. The van der Waals surface area contributed by atoms with Gasteiger partial charge in [0.2, 0.25) is 15.9 Å². The number of nitrogens with zero attached hydrogens (tertiary/aromatic N) is 3. The highest BCUT2D eigenvalue weighted by atomic mass is 32.2. The summed E-state index contributed by atoms with van der Waals surface area (Å²) in [6.07, 6.45) is 8.55. The van der Waals surface area contributed by atoms with Gasteiger partial charge in [-0.3, -0.25) is 4.79 Å². The Balaban J connectivity index is 1.52. The Morgan fingerprint density at radius 3 is 2.70 bits per heavy atom. The fourth-order valence-corrected chi connectivity index (χ4v) is 4.86. The van der Waals surface area contributed by atoms with Gasteiger partial charge in [-0.05, 0) is 25.0 Å². The first kappa shape index (κ1) is 19.5. The second-order valence-electron chi connectivity index (χ2n) is 6.94. The molecule has 1 saturated heterocycles. The third-order valence-electron chi connectivity index (χ3n) is 5.01. The molecular weight excluding hydrogens is 364 g/mol. The molecule has 1 aromatic carbocycles. The lowest BCUT2D eigenvalue weighted by atomic mass is 9.98. The topological polar surface area (TPSA) is 91.2 Å². The molecule has 2 aliphatic rings. The molecule has 0 aromatic heterocycles. The zero-order valence-electron chi connectivity index (χ0n) is 15.2. The molecule has 1 aromatic rings. The summed E-state index contributed by atoms with van der Waals surface area (Å²) in [7, 11) is -3.57. The Labute approximate surface area is 160 Å². The molecule has 27 heavy (non-hydrogen) atoms. The minimum Gasteiger partial charge on any atom is -0.356 e. The van der Waals surface area contributed by atoms with E-state index < -0.39 is 15.7 Å². The van der Waals surface area contributed by atoms with E-state index in [-0.39, 0.29) is 23.3 Å². The van der Waals surface area contributed by atoms with E-state index in [1.54, 1.807) is 30.3 Å². The second kappa shape index (κ2) is 8.19. The average Bonchev–Trinajstić information content (AvgIpc) is 3.47. The van der Waals surface area contributed by atoms with Crippen LogP contribution in [0.1, 0.15) is 32.1 Å². The first-order valence-electron chi connectivity index (χ1n) is 9.17. The van der Waals surface area contributed by atoms with Crippen LogP contribution in [0.15, 0.2) is 45.5 Å². The van der Waals surface area contributed by atoms with E-state index in [1.165, 1.54) is 4.31 Å². The molecule has 8 heteroatoms. The smallest absolute Gasteiger partial charge is 0.243 e. The molecule has 1 N–H and O–H groups in total. The van der Waals surface area contributed by atoms with E-state index in [2.05, 4.69) is 21.5 Å². The highest BCUT2D eigenvalue weighted by Crippen LogP contribution is 2.36. The van der Waals surface area contributed by atoms with Crippen molar-refractivity contribution in [2.75, 3.05) is 19.6 Å². The molecule has 0 radical (unpaired) electrons. The van der Waals surface area contributed by atoms with Crippen LogP contribution in [0.4, 0.5) is 0 Å². The van der Waals surface area contributed by atoms with Crippen molar-refractivity contribution >= 4 is 15.9 Å². The van der Waals surface area contributed by atoms with Crippen LogP contribution in [-0.4, -0.2) is 43.9 Å². The molecule has 0 bridgehead atoms. The lowest BCUT2D eigenvalue weighted by Gasteiger charge is -2.31. The van der Waals surface area contributed by atoms with Crippen LogP contribution >= 0.6 is 0 Å². The molecule has 1 atom stereocenters. The Morgan fingerprint density at radius 2 is 2.04 bits per heavy atom. The molecule has 0 saturated carbocycles. The summed E-state index contributed by atoms with van der Waals surface area (Å²) in [5, 5.41) is 11.0. The van der Waals surface area contributed by atoms with Gasteiger partial charge < -0.3 is 5.32 Å². The zero-order valence-corrected chi connectivity index (χ0v) is 16.0. The number of piperidine rings is 1. The quantitative estimate of drug-likeness (QED) is 0.692. The first-order chi connectivity index (χ1) is 13.0. The third-order valence-corrected chi connectivity index (χ3v) is 6.89. The van der Waals surface area contributed by atoms with E-state index in [4.69, 9.17) is 6.42 Å². The van der Waals surface area contributed by atoms with Crippen molar-refractivity contribution in [3.63, 3.8) is 0 Å². The van der Waals surface area contributed by atoms with Gasteiger partial charge in [-0.2, -0.15) is 14.5 Å². The molecule has 3 rings (SSSR count). The Kier molecular flexibility index (Phi) is 5.92. The Morgan fingerprint density at radius 1 is 1.30 bits per heavy atom. The van der Waals surface area contributed by atoms with Gasteiger partial charge in [-0.15, -0.1) is 12.3 Å². The van der Waals surface area contributed by atoms with E-state index in [0.717, 1.165) is 0 Å². The van der Waals surface area contributed by atoms with Gasteiger partial charge in [0.1, 0.15) is 0 Å². The molecular formula is C19H24N4O3S. The summed E-state index contributed by atoms with van der Waals surface area (Å²) in [5.74, 6) is 2.12. The van der Waals surface area contributed by atoms with Crippen molar-refractivity contribution in [2.45, 2.75) is 42.7 Å². The van der Waals surface area contributed by atoms with Gasteiger partial charge in [0.15, 0.2) is 5.66 Å². The van der Waals surface area contributed by atoms with E-state index >= 15 is 0 Å². The van der Waals surface area contributed by atoms with Crippen LogP contribution < -0.4 is 5.32 Å². The number of amides is 1. The largest absolute Gasteiger partial charge is 0.356 e. The van der Waals surface area contributed by atoms with Gasteiger partial charge >= 0.3 is 0 Å². The summed E-state index contributed by atoms with van der Waals surface area (Å²) in [6.45, 7) is 1.10. The molecule has 1 amide bonds. The fraction of sp³-hybridized carbons (Fsp3) is 0.526. The lowest BCUT2D eigenvalue weighted by molar-refractivity contribution is -0.126. The van der Waals surface area contributed by atoms with Gasteiger partial charge in [0, 0.05) is 38.9 Å². The number of hydrogen-bond donors (Lipinski definition) is 1. The number of benzene rings is 1. The maximum atomic E-state index is 12.8. The molecule has 1 unspecified atom stereocenters. The van der Waals surface area contributed by atoms with E-state index in [0.29, 0.717) is 45.2 Å². The predicted molar refractivity (Wildman–Crippen MR) is 101 cm³/mol. The van der Waals surface area contributed by atoms with Crippen LogP contribution in [0.3, 0.4) is 0 Å². The average molecular weight is 388 g/mol. The van der Waals surface area contributed by atoms with Crippen LogP contribution in [0.5, 0.6) is 0 Å². The third kappa shape index (κ3) is 4.73. The molecule has 144 valence electrons. The van der Waals surface area contributed by atoms with Crippen molar-refractivity contribution < 1.29 is 13.2 Å². The summed E-state index contributed by atoms with van der Waals surface area (Å²) >= 11 is 0. The maximum absolute atomic E-state index is 12.8. The number of rotatable bonds is 8. The molecule has 0 spiro atoms. The van der Waals surface area contributed by atoms with Crippen molar-refractivity contribution in [3.8, 4) is 12.3 Å². The highest BCUT2D eigenvalue weighted by molar-refractivity contribution is 7.89. The number of hydrogen-bond acceptors (Lipinski definition) is 5. The number of carbonyl (C=O) groups is 1. The maximum Gasteiger partial charge on any atom is 0.243 e. The normalized spacial score (nSPS) is 21.4. The molecule has 7 nitrogen and oxygen atoms in total. The minimum absolute atomic E-state index is 0.115. The van der Waals surface area contributed by atoms with E-state index in [1.807, 2.05) is 0 Å². The van der Waals surface area contributed by atoms with Gasteiger partial charge in [0.25, 0.3) is 0 Å². The van der Waals surface area contributed by atoms with Crippen molar-refractivity contribution in [1.29, 1.82) is 0 Å².